The lowest BCUT2D eigenvalue weighted by atomic mass is 9.81. The number of carbonyl (C=O) groups excluding carboxylic acids is 1. The molecule has 1 aromatic heterocycles. The van der Waals surface area contributed by atoms with Crippen molar-refractivity contribution >= 4 is 23.3 Å². The molecule has 1 aliphatic heterocycles. The van der Waals surface area contributed by atoms with Crippen LogP contribution in [-0.2, 0) is 13.0 Å². The maximum atomic E-state index is 12.9. The van der Waals surface area contributed by atoms with Crippen molar-refractivity contribution in [3.8, 4) is 0 Å². The topological polar surface area (TPSA) is 49.3 Å². The summed E-state index contributed by atoms with van der Waals surface area (Å²) < 4.78 is 0. The van der Waals surface area contributed by atoms with Crippen LogP contribution in [-0.4, -0.2) is 46.8 Å². The number of piperazine rings is 1. The first-order valence-electron chi connectivity index (χ1n) is 11.2. The summed E-state index contributed by atoms with van der Waals surface area (Å²) in [6, 6.07) is 18.4. The van der Waals surface area contributed by atoms with E-state index in [1.807, 2.05) is 31.2 Å². The predicted molar refractivity (Wildman–Crippen MR) is 128 cm³/mol. The highest BCUT2D eigenvalue weighted by Gasteiger charge is 2.31. The van der Waals surface area contributed by atoms with Crippen molar-refractivity contribution < 1.29 is 4.79 Å². The van der Waals surface area contributed by atoms with Crippen LogP contribution in [0.15, 0.2) is 54.6 Å². The maximum Gasteiger partial charge on any atom is 0.225 e. The number of aromatic nitrogens is 2. The minimum Gasteiger partial charge on any atom is -0.338 e. The molecule has 0 saturated carbocycles. The molecule has 1 atom stereocenters. The maximum absolute atomic E-state index is 12.9. The molecule has 5 rings (SSSR count). The third-order valence-electron chi connectivity index (χ3n) is 6.55. The Morgan fingerprint density at radius 3 is 2.38 bits per heavy atom. The highest BCUT2D eigenvalue weighted by Crippen LogP contribution is 2.34. The molecule has 2 aromatic carbocycles. The summed E-state index contributed by atoms with van der Waals surface area (Å²) >= 11 is 6.05. The van der Waals surface area contributed by atoms with Crippen LogP contribution in [0.5, 0.6) is 0 Å². The van der Waals surface area contributed by atoms with Crippen molar-refractivity contribution in [2.24, 2.45) is 0 Å². The Morgan fingerprint density at radius 2 is 1.66 bits per heavy atom. The third kappa shape index (κ3) is 4.41. The monoisotopic (exact) mass is 446 g/mol. The Labute approximate surface area is 194 Å². The lowest BCUT2D eigenvalue weighted by Gasteiger charge is -2.35. The summed E-state index contributed by atoms with van der Waals surface area (Å²) in [6.07, 6.45) is 1.25. The van der Waals surface area contributed by atoms with Gasteiger partial charge in [0.15, 0.2) is 5.78 Å². The van der Waals surface area contributed by atoms with E-state index in [-0.39, 0.29) is 11.7 Å². The smallest absolute Gasteiger partial charge is 0.225 e. The molecule has 0 spiro atoms. The molecule has 0 N–H and O–H groups in total. The van der Waals surface area contributed by atoms with Crippen LogP contribution in [0, 0.1) is 6.92 Å². The molecular weight excluding hydrogens is 420 g/mol. The minimum absolute atomic E-state index is 0.136. The first-order chi connectivity index (χ1) is 15.6. The van der Waals surface area contributed by atoms with Crippen LogP contribution in [0.1, 0.15) is 45.2 Å². The third-order valence-corrected chi connectivity index (χ3v) is 6.80. The predicted octanol–water partition coefficient (Wildman–Crippen LogP) is 4.67. The molecule has 5 nitrogen and oxygen atoms in total. The fraction of sp³-hybridized carbons (Fsp3) is 0.346. The molecule has 6 heteroatoms. The number of nitrogens with zero attached hydrogens (tertiary/aromatic N) is 4. The van der Waals surface area contributed by atoms with Gasteiger partial charge in [0.1, 0.15) is 0 Å². The summed E-state index contributed by atoms with van der Waals surface area (Å²) in [5.41, 5.74) is 4.89. The zero-order valence-corrected chi connectivity index (χ0v) is 19.1. The zero-order valence-electron chi connectivity index (χ0n) is 18.3. The second-order valence-corrected chi connectivity index (χ2v) is 9.20. The van der Waals surface area contributed by atoms with Gasteiger partial charge >= 0.3 is 0 Å². The van der Waals surface area contributed by atoms with Crippen LogP contribution in [0.25, 0.3) is 0 Å². The second-order valence-electron chi connectivity index (χ2n) is 8.76. The van der Waals surface area contributed by atoms with E-state index in [0.717, 1.165) is 67.6 Å². The number of aryl methyl sites for hydroxylation is 1. The number of halogens is 1. The number of hydrogen-bond acceptors (Lipinski definition) is 5. The zero-order chi connectivity index (χ0) is 22.1. The number of fused-ring (bicyclic) bond motifs is 1. The van der Waals surface area contributed by atoms with Crippen molar-refractivity contribution in [2.45, 2.75) is 32.2 Å². The number of anilines is 1. The van der Waals surface area contributed by atoms with Gasteiger partial charge in [-0.25, -0.2) is 9.97 Å². The van der Waals surface area contributed by atoms with Crippen molar-refractivity contribution in [1.82, 2.24) is 14.9 Å². The Kier molecular flexibility index (Phi) is 5.94. The van der Waals surface area contributed by atoms with Gasteiger partial charge in [0.2, 0.25) is 5.95 Å². The van der Waals surface area contributed by atoms with Crippen molar-refractivity contribution in [3.05, 3.63) is 87.7 Å². The number of benzene rings is 2. The molecule has 32 heavy (non-hydrogen) atoms. The van der Waals surface area contributed by atoms with Gasteiger partial charge in [0.25, 0.3) is 0 Å². The van der Waals surface area contributed by atoms with Crippen molar-refractivity contribution in [3.63, 3.8) is 0 Å². The summed E-state index contributed by atoms with van der Waals surface area (Å²) in [4.78, 5) is 27.3. The van der Waals surface area contributed by atoms with E-state index in [0.29, 0.717) is 11.4 Å². The molecule has 0 radical (unpaired) electrons. The van der Waals surface area contributed by atoms with Crippen LogP contribution in [0.4, 0.5) is 5.95 Å². The van der Waals surface area contributed by atoms with E-state index in [2.05, 4.69) is 40.1 Å². The Hall–Kier alpha value is -2.76. The SMILES string of the molecule is Cc1nc(N2CCN(Cc3ccccc3)CC2)nc2c1C(=O)C[C@H](c1ccc(Cl)cc1)C2. The molecule has 164 valence electrons. The molecule has 1 saturated heterocycles. The van der Waals surface area contributed by atoms with Crippen molar-refractivity contribution in [2.75, 3.05) is 31.1 Å². The van der Waals surface area contributed by atoms with E-state index in [1.54, 1.807) is 0 Å². The van der Waals surface area contributed by atoms with Gasteiger partial charge in [-0.1, -0.05) is 54.1 Å². The first kappa shape index (κ1) is 21.1. The van der Waals surface area contributed by atoms with E-state index in [1.165, 1.54) is 5.56 Å². The summed E-state index contributed by atoms with van der Waals surface area (Å²) in [5.74, 6) is 1.03. The number of ketones is 1. The number of Topliss-reactive ketones (excluding diaryl/α,β-unsaturated/α-hetero) is 1. The van der Waals surface area contributed by atoms with Gasteiger partial charge in [-0.3, -0.25) is 9.69 Å². The summed E-state index contributed by atoms with van der Waals surface area (Å²) in [5, 5.41) is 0.711. The molecular formula is C26H27ClN4O. The fourth-order valence-electron chi connectivity index (χ4n) is 4.82. The number of hydrogen-bond donors (Lipinski definition) is 0. The summed E-state index contributed by atoms with van der Waals surface area (Å²) in [6.45, 7) is 6.63. The average Bonchev–Trinajstić information content (AvgIpc) is 2.80. The number of rotatable bonds is 4. The van der Waals surface area contributed by atoms with Gasteiger partial charge < -0.3 is 4.90 Å². The highest BCUT2D eigenvalue weighted by atomic mass is 35.5. The standard InChI is InChI=1S/C26H27ClN4O/c1-18-25-23(15-21(16-24(25)32)20-7-9-22(27)10-8-20)29-26(28-18)31-13-11-30(12-14-31)17-19-5-3-2-4-6-19/h2-10,21H,11-17H2,1H3/t21-/m1/s1. The minimum atomic E-state index is 0.136. The quantitative estimate of drug-likeness (QED) is 0.582. The molecule has 0 bridgehead atoms. The molecule has 1 fully saturated rings. The van der Waals surface area contributed by atoms with E-state index in [9.17, 15) is 4.79 Å². The van der Waals surface area contributed by atoms with Crippen LogP contribution in [0.2, 0.25) is 5.02 Å². The van der Waals surface area contributed by atoms with E-state index >= 15 is 0 Å². The van der Waals surface area contributed by atoms with Gasteiger partial charge in [-0.05, 0) is 42.5 Å². The van der Waals surface area contributed by atoms with E-state index < -0.39 is 0 Å². The molecule has 0 unspecified atom stereocenters. The normalized spacial score (nSPS) is 19.1. The van der Waals surface area contributed by atoms with Crippen LogP contribution >= 0.6 is 11.6 Å². The Bertz CT molecular complexity index is 1110. The fourth-order valence-corrected chi connectivity index (χ4v) is 4.94. The van der Waals surface area contributed by atoms with Gasteiger partial charge in [-0.15, -0.1) is 0 Å². The lowest BCUT2D eigenvalue weighted by Crippen LogP contribution is -2.46. The average molecular weight is 447 g/mol. The number of carbonyl (C=O) groups is 1. The van der Waals surface area contributed by atoms with Crippen LogP contribution in [0.3, 0.4) is 0 Å². The van der Waals surface area contributed by atoms with Gasteiger partial charge in [0.05, 0.1) is 17.0 Å². The second kappa shape index (κ2) is 9.00. The Morgan fingerprint density at radius 1 is 0.938 bits per heavy atom. The molecule has 2 heterocycles. The van der Waals surface area contributed by atoms with Crippen molar-refractivity contribution in [1.29, 1.82) is 0 Å². The largest absolute Gasteiger partial charge is 0.338 e. The summed E-state index contributed by atoms with van der Waals surface area (Å²) in [7, 11) is 0. The highest BCUT2D eigenvalue weighted by molar-refractivity contribution is 6.30. The Balaban J connectivity index is 1.31. The molecule has 3 aromatic rings. The lowest BCUT2D eigenvalue weighted by molar-refractivity contribution is 0.0962. The molecule has 0 amide bonds. The van der Waals surface area contributed by atoms with Gasteiger partial charge in [0, 0.05) is 44.2 Å². The van der Waals surface area contributed by atoms with E-state index in [4.69, 9.17) is 21.6 Å². The first-order valence-corrected chi connectivity index (χ1v) is 11.6. The molecule has 2 aliphatic rings. The van der Waals surface area contributed by atoms with Crippen LogP contribution < -0.4 is 4.90 Å². The van der Waals surface area contributed by atoms with Gasteiger partial charge in [-0.2, -0.15) is 0 Å². The molecule has 1 aliphatic carbocycles.